The fourth-order valence-corrected chi connectivity index (χ4v) is 2.25. The number of carbonyl (C=O) groups is 2. The number of rotatable bonds is 3. The van der Waals surface area contributed by atoms with Gasteiger partial charge in [-0.3, -0.25) is 9.48 Å². The Morgan fingerprint density at radius 2 is 2.28 bits per heavy atom. The molecule has 0 radical (unpaired) electrons. The van der Waals surface area contributed by atoms with Gasteiger partial charge in [-0.25, -0.2) is 4.79 Å². The van der Waals surface area contributed by atoms with E-state index in [1.54, 1.807) is 17.9 Å². The van der Waals surface area contributed by atoms with Gasteiger partial charge in [0.25, 0.3) is 0 Å². The standard InChI is InChI=1S/C11H16N4O3/c1-15-6-7(5-12-15)13-11(18)14-9-4-2-3-8(9)10(16)17/h5-6,8-9H,2-4H2,1H3,(H,16,17)(H2,13,14,18). The van der Waals surface area contributed by atoms with E-state index in [1.165, 1.54) is 6.20 Å². The number of amides is 2. The first-order valence-electron chi connectivity index (χ1n) is 5.85. The van der Waals surface area contributed by atoms with Gasteiger partial charge in [-0.15, -0.1) is 0 Å². The fourth-order valence-electron chi connectivity index (χ4n) is 2.25. The number of aryl methyl sites for hydroxylation is 1. The number of hydrogen-bond acceptors (Lipinski definition) is 3. The highest BCUT2D eigenvalue weighted by Crippen LogP contribution is 2.25. The van der Waals surface area contributed by atoms with Crippen molar-refractivity contribution in [1.82, 2.24) is 15.1 Å². The van der Waals surface area contributed by atoms with Gasteiger partial charge in [0.15, 0.2) is 0 Å². The molecule has 2 atom stereocenters. The van der Waals surface area contributed by atoms with Crippen molar-refractivity contribution in [2.75, 3.05) is 5.32 Å². The topological polar surface area (TPSA) is 96.2 Å². The van der Waals surface area contributed by atoms with E-state index >= 15 is 0 Å². The Morgan fingerprint density at radius 3 is 2.89 bits per heavy atom. The van der Waals surface area contributed by atoms with Crippen LogP contribution in [0.5, 0.6) is 0 Å². The minimum atomic E-state index is -0.848. The molecule has 0 saturated heterocycles. The third-order valence-electron chi connectivity index (χ3n) is 3.11. The Hall–Kier alpha value is -2.05. The predicted octanol–water partition coefficient (Wildman–Crippen LogP) is 0.795. The molecule has 0 spiro atoms. The smallest absolute Gasteiger partial charge is 0.319 e. The van der Waals surface area contributed by atoms with Crippen LogP contribution in [0.4, 0.5) is 10.5 Å². The lowest BCUT2D eigenvalue weighted by Crippen LogP contribution is -2.42. The zero-order chi connectivity index (χ0) is 13.1. The predicted molar refractivity (Wildman–Crippen MR) is 64.1 cm³/mol. The highest BCUT2D eigenvalue weighted by molar-refractivity contribution is 5.89. The number of carboxylic acid groups (broad SMARTS) is 1. The molecule has 0 bridgehead atoms. The first-order chi connectivity index (χ1) is 8.56. The van der Waals surface area contributed by atoms with Crippen molar-refractivity contribution in [2.45, 2.75) is 25.3 Å². The monoisotopic (exact) mass is 252 g/mol. The van der Waals surface area contributed by atoms with E-state index in [1.807, 2.05) is 0 Å². The van der Waals surface area contributed by atoms with Crippen molar-refractivity contribution in [3.8, 4) is 0 Å². The molecular weight excluding hydrogens is 236 g/mol. The highest BCUT2D eigenvalue weighted by Gasteiger charge is 2.33. The summed E-state index contributed by atoms with van der Waals surface area (Å²) >= 11 is 0. The molecule has 7 nitrogen and oxygen atoms in total. The third-order valence-corrected chi connectivity index (χ3v) is 3.11. The fraction of sp³-hybridized carbons (Fsp3) is 0.545. The quantitative estimate of drug-likeness (QED) is 0.741. The molecule has 1 aromatic rings. The number of nitrogens with one attached hydrogen (secondary N) is 2. The molecule has 0 aromatic carbocycles. The lowest BCUT2D eigenvalue weighted by Gasteiger charge is -2.17. The highest BCUT2D eigenvalue weighted by atomic mass is 16.4. The lowest BCUT2D eigenvalue weighted by molar-refractivity contribution is -0.142. The summed E-state index contributed by atoms with van der Waals surface area (Å²) in [6, 6.07) is -0.680. The first-order valence-corrected chi connectivity index (χ1v) is 5.85. The van der Waals surface area contributed by atoms with E-state index in [-0.39, 0.29) is 12.1 Å². The largest absolute Gasteiger partial charge is 0.481 e. The van der Waals surface area contributed by atoms with E-state index in [9.17, 15) is 9.59 Å². The van der Waals surface area contributed by atoms with Gasteiger partial charge in [0, 0.05) is 19.3 Å². The Kier molecular flexibility index (Phi) is 3.50. The molecule has 3 N–H and O–H groups in total. The van der Waals surface area contributed by atoms with Crippen molar-refractivity contribution < 1.29 is 14.7 Å². The minimum Gasteiger partial charge on any atom is -0.481 e. The van der Waals surface area contributed by atoms with Crippen LogP contribution >= 0.6 is 0 Å². The molecule has 1 aliphatic rings. The van der Waals surface area contributed by atoms with Crippen LogP contribution in [0.3, 0.4) is 0 Å². The summed E-state index contributed by atoms with van der Waals surface area (Å²) < 4.78 is 1.57. The molecule has 1 fully saturated rings. The number of anilines is 1. The SMILES string of the molecule is Cn1cc(NC(=O)NC2CCCC2C(=O)O)cn1. The van der Waals surface area contributed by atoms with Crippen LogP contribution in [0, 0.1) is 5.92 Å². The van der Waals surface area contributed by atoms with Crippen LogP contribution in [0.15, 0.2) is 12.4 Å². The third kappa shape index (κ3) is 2.79. The molecule has 2 rings (SSSR count). The lowest BCUT2D eigenvalue weighted by atomic mass is 10.0. The maximum atomic E-state index is 11.7. The van der Waals surface area contributed by atoms with Crippen molar-refractivity contribution in [3.63, 3.8) is 0 Å². The molecule has 0 aliphatic heterocycles. The van der Waals surface area contributed by atoms with Gasteiger partial charge in [0.05, 0.1) is 17.8 Å². The van der Waals surface area contributed by atoms with Crippen molar-refractivity contribution in [3.05, 3.63) is 12.4 Å². The van der Waals surface area contributed by atoms with Gasteiger partial charge in [-0.2, -0.15) is 5.10 Å². The summed E-state index contributed by atoms with van der Waals surface area (Å²) in [6.45, 7) is 0. The number of aromatic nitrogens is 2. The summed E-state index contributed by atoms with van der Waals surface area (Å²) in [5, 5.41) is 18.3. The van der Waals surface area contributed by atoms with Gasteiger partial charge >= 0.3 is 12.0 Å². The average molecular weight is 252 g/mol. The molecule has 98 valence electrons. The number of carbonyl (C=O) groups excluding carboxylic acids is 1. The van der Waals surface area contributed by atoms with E-state index < -0.39 is 11.9 Å². The van der Waals surface area contributed by atoms with Gasteiger partial charge in [0.2, 0.25) is 0 Å². The minimum absolute atomic E-state index is 0.292. The van der Waals surface area contributed by atoms with E-state index in [0.717, 1.165) is 6.42 Å². The van der Waals surface area contributed by atoms with Crippen LogP contribution < -0.4 is 10.6 Å². The molecule has 2 amide bonds. The molecule has 2 unspecified atom stereocenters. The second kappa shape index (κ2) is 5.07. The molecule has 1 heterocycles. The number of urea groups is 1. The molecule has 1 aromatic heterocycles. The summed E-state index contributed by atoms with van der Waals surface area (Å²) in [5.41, 5.74) is 0.583. The molecular formula is C11H16N4O3. The number of nitrogens with zero attached hydrogens (tertiary/aromatic N) is 2. The van der Waals surface area contributed by atoms with Gasteiger partial charge in [-0.05, 0) is 12.8 Å². The van der Waals surface area contributed by atoms with E-state index in [4.69, 9.17) is 5.11 Å². The number of aliphatic carboxylic acids is 1. The van der Waals surface area contributed by atoms with Crippen LogP contribution in [0.2, 0.25) is 0 Å². The maximum Gasteiger partial charge on any atom is 0.319 e. The zero-order valence-corrected chi connectivity index (χ0v) is 10.1. The van der Waals surface area contributed by atoms with Crippen LogP contribution in [-0.2, 0) is 11.8 Å². The van der Waals surface area contributed by atoms with Crippen molar-refractivity contribution in [2.24, 2.45) is 13.0 Å². The summed E-state index contributed by atoms with van der Waals surface area (Å²) in [7, 11) is 1.75. The summed E-state index contributed by atoms with van der Waals surface area (Å²) in [4.78, 5) is 22.7. The van der Waals surface area contributed by atoms with Crippen molar-refractivity contribution >= 4 is 17.7 Å². The van der Waals surface area contributed by atoms with Gasteiger partial charge in [0.1, 0.15) is 0 Å². The zero-order valence-electron chi connectivity index (χ0n) is 10.1. The molecule has 7 heteroatoms. The second-order valence-electron chi connectivity index (χ2n) is 4.48. The Labute approximate surface area is 104 Å². The molecule has 1 aliphatic carbocycles. The van der Waals surface area contributed by atoms with E-state index in [2.05, 4.69) is 15.7 Å². The van der Waals surface area contributed by atoms with Gasteiger partial charge in [-0.1, -0.05) is 6.42 Å². The molecule has 18 heavy (non-hydrogen) atoms. The Morgan fingerprint density at radius 1 is 1.50 bits per heavy atom. The first kappa shape index (κ1) is 12.4. The van der Waals surface area contributed by atoms with Crippen LogP contribution in [-0.4, -0.2) is 32.9 Å². The molecule has 1 saturated carbocycles. The summed E-state index contributed by atoms with van der Waals surface area (Å²) in [5.74, 6) is -1.33. The van der Waals surface area contributed by atoms with Gasteiger partial charge < -0.3 is 15.7 Å². The Bertz CT molecular complexity index is 457. The number of hydrogen-bond donors (Lipinski definition) is 3. The second-order valence-corrected chi connectivity index (χ2v) is 4.48. The van der Waals surface area contributed by atoms with Crippen LogP contribution in [0.25, 0.3) is 0 Å². The summed E-state index contributed by atoms with van der Waals surface area (Å²) in [6.07, 6.45) is 5.35. The normalized spacial score (nSPS) is 22.7. The van der Waals surface area contributed by atoms with Crippen molar-refractivity contribution in [1.29, 1.82) is 0 Å². The average Bonchev–Trinajstić information content (AvgIpc) is 2.87. The maximum absolute atomic E-state index is 11.7. The Balaban J connectivity index is 1.89. The van der Waals surface area contributed by atoms with Crippen LogP contribution in [0.1, 0.15) is 19.3 Å². The number of carboxylic acids is 1. The van der Waals surface area contributed by atoms with E-state index in [0.29, 0.717) is 18.5 Å².